The lowest BCUT2D eigenvalue weighted by atomic mass is 10.2. The standard InChI is InChI=1S/C12H19FN2/c1-10-5-6-11(13)9-12(10)14-7-4-8-15(2)3/h5-6,9,14H,4,7-8H2,1-3H3. The molecule has 0 aliphatic heterocycles. The van der Waals surface area contributed by atoms with E-state index in [0.29, 0.717) is 0 Å². The van der Waals surface area contributed by atoms with E-state index in [0.717, 1.165) is 30.8 Å². The first kappa shape index (κ1) is 12.0. The molecule has 0 spiro atoms. The molecule has 0 aromatic heterocycles. The SMILES string of the molecule is Cc1ccc(F)cc1NCCCN(C)C. The number of anilines is 1. The van der Waals surface area contributed by atoms with Crippen LogP contribution in [0.4, 0.5) is 10.1 Å². The second-order valence-corrected chi connectivity index (χ2v) is 4.04. The molecule has 1 aromatic rings. The first-order valence-electron chi connectivity index (χ1n) is 5.24. The minimum atomic E-state index is -0.185. The molecule has 0 atom stereocenters. The van der Waals surface area contributed by atoms with Gasteiger partial charge in [0.25, 0.3) is 0 Å². The minimum absolute atomic E-state index is 0.185. The van der Waals surface area contributed by atoms with E-state index in [2.05, 4.69) is 10.2 Å². The third-order valence-electron chi connectivity index (χ3n) is 2.30. The number of benzene rings is 1. The number of rotatable bonds is 5. The van der Waals surface area contributed by atoms with Crippen molar-refractivity contribution in [2.45, 2.75) is 13.3 Å². The smallest absolute Gasteiger partial charge is 0.125 e. The molecule has 84 valence electrons. The first-order valence-corrected chi connectivity index (χ1v) is 5.24. The summed E-state index contributed by atoms with van der Waals surface area (Å²) < 4.78 is 12.9. The minimum Gasteiger partial charge on any atom is -0.385 e. The molecule has 1 rings (SSSR count). The van der Waals surface area contributed by atoms with Gasteiger partial charge in [-0.1, -0.05) is 6.07 Å². The van der Waals surface area contributed by atoms with Gasteiger partial charge in [0.1, 0.15) is 5.82 Å². The van der Waals surface area contributed by atoms with Gasteiger partial charge in [-0.25, -0.2) is 4.39 Å². The Morgan fingerprint density at radius 1 is 1.33 bits per heavy atom. The van der Waals surface area contributed by atoms with Gasteiger partial charge in [0.2, 0.25) is 0 Å². The average molecular weight is 210 g/mol. The van der Waals surface area contributed by atoms with Crippen molar-refractivity contribution in [3.63, 3.8) is 0 Å². The molecule has 0 unspecified atom stereocenters. The maximum absolute atomic E-state index is 12.9. The van der Waals surface area contributed by atoms with E-state index in [1.54, 1.807) is 12.1 Å². The topological polar surface area (TPSA) is 15.3 Å². The summed E-state index contributed by atoms with van der Waals surface area (Å²) >= 11 is 0. The van der Waals surface area contributed by atoms with Crippen LogP contribution in [0.2, 0.25) is 0 Å². The van der Waals surface area contributed by atoms with Gasteiger partial charge in [0.05, 0.1) is 0 Å². The highest BCUT2D eigenvalue weighted by atomic mass is 19.1. The van der Waals surface area contributed by atoms with Crippen molar-refractivity contribution in [2.24, 2.45) is 0 Å². The van der Waals surface area contributed by atoms with E-state index in [1.165, 1.54) is 6.07 Å². The Bertz CT molecular complexity index is 310. The largest absolute Gasteiger partial charge is 0.385 e. The van der Waals surface area contributed by atoms with Crippen molar-refractivity contribution >= 4 is 5.69 Å². The summed E-state index contributed by atoms with van der Waals surface area (Å²) in [6.07, 6.45) is 1.06. The molecule has 0 amide bonds. The third kappa shape index (κ3) is 4.30. The number of halogens is 1. The molecule has 0 aliphatic carbocycles. The van der Waals surface area contributed by atoms with Crippen LogP contribution in [0.1, 0.15) is 12.0 Å². The lowest BCUT2D eigenvalue weighted by Gasteiger charge is -2.12. The Morgan fingerprint density at radius 2 is 2.07 bits per heavy atom. The second-order valence-electron chi connectivity index (χ2n) is 4.04. The first-order chi connectivity index (χ1) is 7.09. The Kier molecular flexibility index (Phi) is 4.56. The van der Waals surface area contributed by atoms with E-state index in [9.17, 15) is 4.39 Å². The van der Waals surface area contributed by atoms with Crippen molar-refractivity contribution in [3.05, 3.63) is 29.6 Å². The van der Waals surface area contributed by atoms with Gasteiger partial charge in [0.15, 0.2) is 0 Å². The highest BCUT2D eigenvalue weighted by Gasteiger charge is 1.99. The van der Waals surface area contributed by atoms with E-state index >= 15 is 0 Å². The quantitative estimate of drug-likeness (QED) is 0.751. The molecular weight excluding hydrogens is 191 g/mol. The van der Waals surface area contributed by atoms with E-state index in [4.69, 9.17) is 0 Å². The maximum atomic E-state index is 12.9. The van der Waals surface area contributed by atoms with Gasteiger partial charge >= 0.3 is 0 Å². The predicted octanol–water partition coefficient (Wildman–Crippen LogP) is 2.50. The molecule has 0 bridgehead atoms. The zero-order valence-electron chi connectivity index (χ0n) is 9.68. The van der Waals surface area contributed by atoms with Crippen LogP contribution in [0.5, 0.6) is 0 Å². The Labute approximate surface area is 91.1 Å². The van der Waals surface area contributed by atoms with Crippen molar-refractivity contribution in [1.82, 2.24) is 4.90 Å². The van der Waals surface area contributed by atoms with Gasteiger partial charge < -0.3 is 10.2 Å². The fraction of sp³-hybridized carbons (Fsp3) is 0.500. The van der Waals surface area contributed by atoms with E-state index in [1.807, 2.05) is 21.0 Å². The van der Waals surface area contributed by atoms with Gasteiger partial charge in [0, 0.05) is 12.2 Å². The normalized spacial score (nSPS) is 10.7. The van der Waals surface area contributed by atoms with Gasteiger partial charge in [-0.15, -0.1) is 0 Å². The molecule has 2 nitrogen and oxygen atoms in total. The van der Waals surface area contributed by atoms with Crippen molar-refractivity contribution in [3.8, 4) is 0 Å². The molecule has 0 saturated heterocycles. The van der Waals surface area contributed by atoms with Crippen LogP contribution >= 0.6 is 0 Å². The summed E-state index contributed by atoms with van der Waals surface area (Å²) in [5, 5.41) is 3.24. The van der Waals surface area contributed by atoms with Gasteiger partial charge in [-0.3, -0.25) is 0 Å². The maximum Gasteiger partial charge on any atom is 0.125 e. The highest BCUT2D eigenvalue weighted by Crippen LogP contribution is 2.15. The molecule has 0 radical (unpaired) electrons. The van der Waals surface area contributed by atoms with E-state index in [-0.39, 0.29) is 5.82 Å². The predicted molar refractivity (Wildman–Crippen MR) is 62.8 cm³/mol. The fourth-order valence-corrected chi connectivity index (χ4v) is 1.40. The molecule has 3 heteroatoms. The summed E-state index contributed by atoms with van der Waals surface area (Å²) in [7, 11) is 4.10. The number of aryl methyl sites for hydroxylation is 1. The number of hydrogen-bond acceptors (Lipinski definition) is 2. The molecule has 0 saturated carbocycles. The fourth-order valence-electron chi connectivity index (χ4n) is 1.40. The van der Waals surface area contributed by atoms with Crippen LogP contribution in [0, 0.1) is 12.7 Å². The van der Waals surface area contributed by atoms with Gasteiger partial charge in [-0.05, 0) is 51.7 Å². The summed E-state index contributed by atoms with van der Waals surface area (Å²) in [5.41, 5.74) is 1.98. The lowest BCUT2D eigenvalue weighted by molar-refractivity contribution is 0.405. The van der Waals surface area contributed by atoms with Crippen molar-refractivity contribution in [2.75, 3.05) is 32.5 Å². The Hall–Kier alpha value is -1.09. The molecule has 1 aromatic carbocycles. The number of hydrogen-bond donors (Lipinski definition) is 1. The molecular formula is C12H19FN2. The summed E-state index contributed by atoms with van der Waals surface area (Å²) in [5.74, 6) is -0.185. The Balaban J connectivity index is 2.40. The highest BCUT2D eigenvalue weighted by molar-refractivity contribution is 5.50. The number of nitrogens with zero attached hydrogens (tertiary/aromatic N) is 1. The van der Waals surface area contributed by atoms with Crippen LogP contribution in [0.25, 0.3) is 0 Å². The van der Waals surface area contributed by atoms with Crippen LogP contribution < -0.4 is 5.32 Å². The van der Waals surface area contributed by atoms with Crippen LogP contribution in [0.15, 0.2) is 18.2 Å². The molecule has 0 aliphatic rings. The molecule has 0 fully saturated rings. The van der Waals surface area contributed by atoms with Crippen LogP contribution in [0.3, 0.4) is 0 Å². The summed E-state index contributed by atoms with van der Waals surface area (Å²) in [6.45, 7) is 3.90. The Morgan fingerprint density at radius 3 is 2.73 bits per heavy atom. The van der Waals surface area contributed by atoms with Crippen molar-refractivity contribution in [1.29, 1.82) is 0 Å². The van der Waals surface area contributed by atoms with E-state index < -0.39 is 0 Å². The molecule has 15 heavy (non-hydrogen) atoms. The third-order valence-corrected chi connectivity index (χ3v) is 2.30. The lowest BCUT2D eigenvalue weighted by Crippen LogP contribution is -2.16. The van der Waals surface area contributed by atoms with Gasteiger partial charge in [-0.2, -0.15) is 0 Å². The summed E-state index contributed by atoms with van der Waals surface area (Å²) in [4.78, 5) is 2.14. The summed E-state index contributed by atoms with van der Waals surface area (Å²) in [6, 6.07) is 4.83. The monoisotopic (exact) mass is 210 g/mol. The number of nitrogens with one attached hydrogen (secondary N) is 1. The van der Waals surface area contributed by atoms with Crippen molar-refractivity contribution < 1.29 is 4.39 Å². The molecule has 1 N–H and O–H groups in total. The molecule has 0 heterocycles. The average Bonchev–Trinajstić information content (AvgIpc) is 2.17. The van der Waals surface area contributed by atoms with Crippen LogP contribution in [-0.4, -0.2) is 32.1 Å². The zero-order valence-corrected chi connectivity index (χ0v) is 9.68. The second kappa shape index (κ2) is 5.71. The zero-order chi connectivity index (χ0) is 11.3. The van der Waals surface area contributed by atoms with Crippen LogP contribution in [-0.2, 0) is 0 Å².